The summed E-state index contributed by atoms with van der Waals surface area (Å²) in [6, 6.07) is 7.51. The fourth-order valence-electron chi connectivity index (χ4n) is 3.42. The Morgan fingerprint density at radius 3 is 2.45 bits per heavy atom. The van der Waals surface area contributed by atoms with Crippen molar-refractivity contribution in [2.24, 2.45) is 0 Å². The highest BCUT2D eigenvalue weighted by atomic mass is 19.4. The number of hydrogen-bond donors (Lipinski definition) is 0. The van der Waals surface area contributed by atoms with E-state index in [2.05, 4.69) is 4.98 Å². The van der Waals surface area contributed by atoms with Crippen LogP contribution in [0.3, 0.4) is 0 Å². The molecule has 2 aromatic rings. The molecule has 0 saturated carbocycles. The van der Waals surface area contributed by atoms with Crippen molar-refractivity contribution in [3.8, 4) is 11.5 Å². The van der Waals surface area contributed by atoms with E-state index in [1.165, 1.54) is 13.2 Å². The van der Waals surface area contributed by atoms with E-state index in [4.69, 9.17) is 9.47 Å². The Morgan fingerprint density at radius 1 is 1.06 bits per heavy atom. The van der Waals surface area contributed by atoms with Crippen LogP contribution in [0.15, 0.2) is 36.5 Å². The van der Waals surface area contributed by atoms with Crippen molar-refractivity contribution in [3.05, 3.63) is 47.7 Å². The molecule has 1 amide bonds. The Morgan fingerprint density at radius 2 is 1.84 bits per heavy atom. The number of carbonyl (C=O) groups excluding carboxylic acids is 1. The van der Waals surface area contributed by atoms with Crippen LogP contribution in [0, 0.1) is 0 Å². The van der Waals surface area contributed by atoms with Crippen molar-refractivity contribution in [3.63, 3.8) is 0 Å². The van der Waals surface area contributed by atoms with Crippen LogP contribution >= 0.6 is 0 Å². The van der Waals surface area contributed by atoms with Crippen molar-refractivity contribution in [2.45, 2.75) is 32.5 Å². The largest absolute Gasteiger partial charge is 0.493 e. The van der Waals surface area contributed by atoms with Gasteiger partial charge in [-0.15, -0.1) is 0 Å². The van der Waals surface area contributed by atoms with Gasteiger partial charge in [0.2, 0.25) is 0 Å². The third-order valence-corrected chi connectivity index (χ3v) is 4.96. The number of alkyl halides is 3. The summed E-state index contributed by atoms with van der Waals surface area (Å²) < 4.78 is 49.3. The van der Waals surface area contributed by atoms with Crippen molar-refractivity contribution < 1.29 is 27.4 Å². The Balaban J connectivity index is 1.68. The first-order valence-corrected chi connectivity index (χ1v) is 10.1. The standard InChI is InChI=1S/C22H26F3N3O3/c1-15(2)31-18-7-5-16(13-19(18)30-3)21(29)28-10-4-9-27(11-12-28)20-8-6-17(14-26-20)22(23,24)25/h5-8,13-15H,4,9-12H2,1-3H3. The number of ether oxygens (including phenoxy) is 2. The number of halogens is 3. The molecule has 1 aromatic heterocycles. The molecule has 1 aromatic carbocycles. The van der Waals surface area contributed by atoms with Crippen molar-refractivity contribution in [1.82, 2.24) is 9.88 Å². The van der Waals surface area contributed by atoms with Gasteiger partial charge in [0.05, 0.1) is 18.8 Å². The van der Waals surface area contributed by atoms with Crippen molar-refractivity contribution in [2.75, 3.05) is 38.2 Å². The topological polar surface area (TPSA) is 54.9 Å². The van der Waals surface area contributed by atoms with Gasteiger partial charge in [-0.1, -0.05) is 0 Å². The lowest BCUT2D eigenvalue weighted by atomic mass is 10.1. The molecule has 9 heteroatoms. The minimum absolute atomic E-state index is 0.0224. The van der Waals surface area contributed by atoms with Crippen molar-refractivity contribution in [1.29, 1.82) is 0 Å². The molecule has 3 rings (SSSR count). The molecule has 0 spiro atoms. The van der Waals surface area contributed by atoms with E-state index in [1.54, 1.807) is 23.1 Å². The Hall–Kier alpha value is -2.97. The summed E-state index contributed by atoms with van der Waals surface area (Å²) in [7, 11) is 1.53. The number of benzene rings is 1. The fraction of sp³-hybridized carbons (Fsp3) is 0.455. The number of aromatic nitrogens is 1. The average molecular weight is 437 g/mol. The predicted molar refractivity (Wildman–Crippen MR) is 111 cm³/mol. The van der Waals surface area contributed by atoms with E-state index in [1.807, 2.05) is 18.7 Å². The third kappa shape index (κ3) is 5.59. The fourth-order valence-corrected chi connectivity index (χ4v) is 3.42. The number of amides is 1. The number of methoxy groups -OCH3 is 1. The zero-order valence-corrected chi connectivity index (χ0v) is 17.8. The van der Waals surface area contributed by atoms with E-state index in [-0.39, 0.29) is 12.0 Å². The molecule has 6 nitrogen and oxygen atoms in total. The van der Waals surface area contributed by atoms with Gasteiger partial charge in [-0.3, -0.25) is 4.79 Å². The van der Waals surface area contributed by atoms with Gasteiger partial charge in [-0.25, -0.2) is 4.98 Å². The number of carbonyl (C=O) groups is 1. The molecule has 168 valence electrons. The van der Waals surface area contributed by atoms with Gasteiger partial charge in [0, 0.05) is 37.9 Å². The Bertz CT molecular complexity index is 901. The molecule has 1 saturated heterocycles. The monoisotopic (exact) mass is 437 g/mol. The molecular formula is C22H26F3N3O3. The molecule has 1 aliphatic rings. The highest BCUT2D eigenvalue weighted by Gasteiger charge is 2.31. The Labute approximate surface area is 179 Å². The number of rotatable bonds is 5. The first-order valence-electron chi connectivity index (χ1n) is 10.1. The van der Waals surface area contributed by atoms with Gasteiger partial charge < -0.3 is 19.3 Å². The number of anilines is 1. The molecular weight excluding hydrogens is 411 g/mol. The second-order valence-corrected chi connectivity index (χ2v) is 7.57. The first-order chi connectivity index (χ1) is 14.7. The molecule has 0 atom stereocenters. The van der Waals surface area contributed by atoms with Crippen LogP contribution in [-0.2, 0) is 6.18 Å². The third-order valence-electron chi connectivity index (χ3n) is 4.96. The highest BCUT2D eigenvalue weighted by Crippen LogP contribution is 2.31. The zero-order chi connectivity index (χ0) is 22.6. The van der Waals surface area contributed by atoms with Crippen molar-refractivity contribution >= 4 is 11.7 Å². The maximum absolute atomic E-state index is 13.0. The first kappa shape index (κ1) is 22.7. The van der Waals surface area contributed by atoms with Crippen LogP contribution in [-0.4, -0.2) is 55.2 Å². The van der Waals surface area contributed by atoms with Gasteiger partial charge in [0.25, 0.3) is 5.91 Å². The minimum Gasteiger partial charge on any atom is -0.493 e. The van der Waals surface area contributed by atoms with E-state index in [0.29, 0.717) is 55.5 Å². The zero-order valence-electron chi connectivity index (χ0n) is 17.8. The molecule has 0 radical (unpaired) electrons. The number of nitrogens with zero attached hydrogens (tertiary/aromatic N) is 3. The average Bonchev–Trinajstić information content (AvgIpc) is 2.99. The van der Waals surface area contributed by atoms with Crippen LogP contribution in [0.4, 0.5) is 19.0 Å². The molecule has 1 fully saturated rings. The van der Waals surface area contributed by atoms with E-state index in [0.717, 1.165) is 12.3 Å². The van der Waals surface area contributed by atoms with Crippen LogP contribution in [0.5, 0.6) is 11.5 Å². The van der Waals surface area contributed by atoms with Crippen LogP contribution in [0.1, 0.15) is 36.2 Å². The summed E-state index contributed by atoms with van der Waals surface area (Å²) in [6.45, 7) is 5.89. The molecule has 0 N–H and O–H groups in total. The summed E-state index contributed by atoms with van der Waals surface area (Å²) in [6.07, 6.45) is -2.91. The highest BCUT2D eigenvalue weighted by molar-refractivity contribution is 5.95. The normalized spacial score (nSPS) is 15.1. The molecule has 0 bridgehead atoms. The lowest BCUT2D eigenvalue weighted by Gasteiger charge is -2.23. The lowest BCUT2D eigenvalue weighted by Crippen LogP contribution is -2.35. The molecule has 0 unspecified atom stereocenters. The SMILES string of the molecule is COc1cc(C(=O)N2CCCN(c3ccc(C(F)(F)F)cn3)CC2)ccc1OC(C)C. The predicted octanol–water partition coefficient (Wildman–Crippen LogP) is 4.25. The molecule has 2 heterocycles. The quantitative estimate of drug-likeness (QED) is 0.700. The minimum atomic E-state index is -4.41. The second kappa shape index (κ2) is 9.45. The maximum atomic E-state index is 13.0. The molecule has 31 heavy (non-hydrogen) atoms. The molecule has 0 aliphatic carbocycles. The maximum Gasteiger partial charge on any atom is 0.417 e. The molecule has 1 aliphatic heterocycles. The summed E-state index contributed by atoms with van der Waals surface area (Å²) in [5.41, 5.74) is -0.282. The summed E-state index contributed by atoms with van der Waals surface area (Å²) >= 11 is 0. The second-order valence-electron chi connectivity index (χ2n) is 7.57. The van der Waals surface area contributed by atoms with Gasteiger partial charge >= 0.3 is 6.18 Å². The van der Waals surface area contributed by atoms with E-state index in [9.17, 15) is 18.0 Å². The lowest BCUT2D eigenvalue weighted by molar-refractivity contribution is -0.137. The summed E-state index contributed by atoms with van der Waals surface area (Å²) in [4.78, 5) is 20.6. The Kier molecular flexibility index (Phi) is 6.92. The van der Waals surface area contributed by atoms with Crippen LogP contribution in [0.25, 0.3) is 0 Å². The van der Waals surface area contributed by atoms with Gasteiger partial charge in [-0.2, -0.15) is 13.2 Å². The van der Waals surface area contributed by atoms with Gasteiger partial charge in [0.1, 0.15) is 5.82 Å². The number of pyridine rings is 1. The number of hydrogen-bond acceptors (Lipinski definition) is 5. The van der Waals surface area contributed by atoms with E-state index >= 15 is 0 Å². The van der Waals surface area contributed by atoms with Gasteiger partial charge in [-0.05, 0) is 50.6 Å². The summed E-state index contributed by atoms with van der Waals surface area (Å²) in [5, 5.41) is 0. The smallest absolute Gasteiger partial charge is 0.417 e. The summed E-state index contributed by atoms with van der Waals surface area (Å²) in [5.74, 6) is 1.41. The van der Waals surface area contributed by atoms with Crippen LogP contribution in [0.2, 0.25) is 0 Å². The van der Waals surface area contributed by atoms with E-state index < -0.39 is 11.7 Å². The van der Waals surface area contributed by atoms with Crippen LogP contribution < -0.4 is 14.4 Å². The van der Waals surface area contributed by atoms with Gasteiger partial charge in [0.15, 0.2) is 11.5 Å².